The monoisotopic (exact) mass is 525 g/mol. The number of rotatable bonds is 10. The fourth-order valence-electron chi connectivity index (χ4n) is 4.77. The summed E-state index contributed by atoms with van der Waals surface area (Å²) in [5, 5.41) is 4.10. The van der Waals surface area contributed by atoms with Gasteiger partial charge in [-0.05, 0) is 76.7 Å². The summed E-state index contributed by atoms with van der Waals surface area (Å²) in [6.45, 7) is 4.42. The van der Waals surface area contributed by atoms with Gasteiger partial charge in [-0.1, -0.05) is 48.0 Å². The summed E-state index contributed by atoms with van der Waals surface area (Å²) in [5.41, 5.74) is 6.60. The Kier molecular flexibility index (Phi) is 8.69. The average Bonchev–Trinajstić information content (AvgIpc) is 2.97. The predicted molar refractivity (Wildman–Crippen MR) is 154 cm³/mol. The number of hydrogen-bond donors (Lipinski definition) is 1. The Balaban J connectivity index is 1.21. The number of ketones is 1. The van der Waals surface area contributed by atoms with Gasteiger partial charge in [-0.25, -0.2) is 0 Å². The number of nitrogens with one attached hydrogen (secondary N) is 1. The number of Topliss-reactive ketones (excluding diaryl/α,β-unsaturated/α-hetero) is 1. The lowest BCUT2D eigenvalue weighted by molar-refractivity contribution is -0.118. The van der Waals surface area contributed by atoms with E-state index in [1.807, 2.05) is 54.7 Å². The van der Waals surface area contributed by atoms with Crippen LogP contribution in [0, 0.1) is 0 Å². The lowest BCUT2D eigenvalue weighted by Gasteiger charge is -2.29. The molecule has 4 aromatic rings. The number of ether oxygens (including phenoxy) is 1. The van der Waals surface area contributed by atoms with Crippen LogP contribution in [0.3, 0.4) is 0 Å². The second-order valence-corrected chi connectivity index (χ2v) is 10.0. The van der Waals surface area contributed by atoms with E-state index in [1.54, 1.807) is 6.20 Å². The molecule has 1 saturated heterocycles. The number of carbonyl (C=O) groups excluding carboxylic acids is 1. The molecule has 2 heterocycles. The first kappa shape index (κ1) is 26.0. The van der Waals surface area contributed by atoms with Crippen molar-refractivity contribution in [1.29, 1.82) is 0 Å². The van der Waals surface area contributed by atoms with Crippen LogP contribution in [0.5, 0.6) is 5.75 Å². The highest BCUT2D eigenvalue weighted by Gasteiger charge is 2.13. The summed E-state index contributed by atoms with van der Waals surface area (Å²) in [4.78, 5) is 19.0. The molecule has 1 aliphatic rings. The van der Waals surface area contributed by atoms with Crippen LogP contribution in [-0.2, 0) is 24.2 Å². The molecule has 0 amide bonds. The highest BCUT2D eigenvalue weighted by Crippen LogP contribution is 2.30. The van der Waals surface area contributed by atoms with Gasteiger partial charge >= 0.3 is 0 Å². The van der Waals surface area contributed by atoms with Crippen molar-refractivity contribution in [2.75, 3.05) is 31.1 Å². The van der Waals surface area contributed by atoms with Gasteiger partial charge in [0.05, 0.1) is 0 Å². The second kappa shape index (κ2) is 12.7. The standard InChI is InChI=1S/C32H32ClN3O2/c33-28-9-13-32(26-4-1-5-29(21-26)36-17-15-34-16-18-36)27(20-28)23-38-31-11-7-24(8-12-31)19-30(37)10-6-25-3-2-14-35-22-25/h1-5,7-9,11-14,20-22,34H,6,10,15-19,23H2. The van der Waals surface area contributed by atoms with Crippen LogP contribution in [0.2, 0.25) is 5.02 Å². The second-order valence-electron chi connectivity index (χ2n) is 9.60. The van der Waals surface area contributed by atoms with Crippen LogP contribution < -0.4 is 15.0 Å². The Morgan fingerprint density at radius 3 is 2.58 bits per heavy atom. The van der Waals surface area contributed by atoms with Crippen molar-refractivity contribution < 1.29 is 9.53 Å². The quantitative estimate of drug-likeness (QED) is 0.270. The minimum Gasteiger partial charge on any atom is -0.489 e. The molecule has 0 radical (unpaired) electrons. The Bertz CT molecular complexity index is 1350. The zero-order valence-corrected chi connectivity index (χ0v) is 22.2. The average molecular weight is 526 g/mol. The fraction of sp³-hybridized carbons (Fsp3) is 0.250. The van der Waals surface area contributed by atoms with Crippen LogP contribution in [0.25, 0.3) is 11.1 Å². The molecule has 6 heteroatoms. The third-order valence-electron chi connectivity index (χ3n) is 6.84. The highest BCUT2D eigenvalue weighted by atomic mass is 35.5. The Labute approximate surface area is 229 Å². The normalized spacial score (nSPS) is 13.3. The Morgan fingerprint density at radius 1 is 0.947 bits per heavy atom. The first-order valence-electron chi connectivity index (χ1n) is 13.1. The maximum Gasteiger partial charge on any atom is 0.137 e. The molecule has 0 unspecified atom stereocenters. The van der Waals surface area contributed by atoms with E-state index in [4.69, 9.17) is 16.3 Å². The summed E-state index contributed by atoms with van der Waals surface area (Å²) in [6, 6.07) is 26.3. The first-order chi connectivity index (χ1) is 18.6. The number of pyridine rings is 1. The van der Waals surface area contributed by atoms with Crippen molar-refractivity contribution in [3.63, 3.8) is 0 Å². The number of benzene rings is 3. The first-order valence-corrected chi connectivity index (χ1v) is 13.5. The number of aryl methyl sites for hydroxylation is 1. The summed E-state index contributed by atoms with van der Waals surface area (Å²) in [6.07, 6.45) is 5.20. The number of piperazine rings is 1. The van der Waals surface area contributed by atoms with Crippen molar-refractivity contribution in [3.05, 3.63) is 113 Å². The van der Waals surface area contributed by atoms with Gasteiger partial charge in [0.2, 0.25) is 0 Å². The van der Waals surface area contributed by atoms with Gasteiger partial charge in [0.15, 0.2) is 0 Å². The molecule has 1 N–H and O–H groups in total. The number of halogens is 1. The number of hydrogen-bond acceptors (Lipinski definition) is 5. The van der Waals surface area contributed by atoms with Crippen LogP contribution in [-0.4, -0.2) is 36.9 Å². The lowest BCUT2D eigenvalue weighted by Crippen LogP contribution is -2.43. The van der Waals surface area contributed by atoms with Gasteiger partial charge in [0.1, 0.15) is 18.1 Å². The summed E-state index contributed by atoms with van der Waals surface area (Å²) in [5.74, 6) is 0.978. The molecular formula is C32H32ClN3O2. The smallest absolute Gasteiger partial charge is 0.137 e. The van der Waals surface area contributed by atoms with Crippen molar-refractivity contribution in [1.82, 2.24) is 10.3 Å². The third-order valence-corrected chi connectivity index (χ3v) is 7.08. The molecule has 194 valence electrons. The fourth-order valence-corrected chi connectivity index (χ4v) is 4.96. The van der Waals surface area contributed by atoms with Gasteiger partial charge in [0, 0.05) is 62.1 Å². The van der Waals surface area contributed by atoms with Gasteiger partial charge in [-0.3, -0.25) is 9.78 Å². The van der Waals surface area contributed by atoms with E-state index in [0.717, 1.165) is 59.7 Å². The van der Waals surface area contributed by atoms with E-state index >= 15 is 0 Å². The van der Waals surface area contributed by atoms with E-state index in [2.05, 4.69) is 45.5 Å². The molecule has 0 aliphatic carbocycles. The van der Waals surface area contributed by atoms with Gasteiger partial charge < -0.3 is 15.0 Å². The molecule has 1 fully saturated rings. The molecule has 38 heavy (non-hydrogen) atoms. The SMILES string of the molecule is O=C(CCc1cccnc1)Cc1ccc(OCc2cc(Cl)ccc2-c2cccc(N3CCNCC3)c2)cc1. The van der Waals surface area contributed by atoms with Crippen molar-refractivity contribution in [2.45, 2.75) is 25.9 Å². The van der Waals surface area contributed by atoms with Crippen LogP contribution in [0.4, 0.5) is 5.69 Å². The van der Waals surface area contributed by atoms with Crippen LogP contribution in [0.1, 0.15) is 23.1 Å². The highest BCUT2D eigenvalue weighted by molar-refractivity contribution is 6.30. The number of aromatic nitrogens is 1. The molecule has 3 aromatic carbocycles. The van der Waals surface area contributed by atoms with Crippen molar-refractivity contribution >= 4 is 23.1 Å². The summed E-state index contributed by atoms with van der Waals surface area (Å²) in [7, 11) is 0. The van der Waals surface area contributed by atoms with Gasteiger partial charge in [-0.15, -0.1) is 0 Å². The van der Waals surface area contributed by atoms with E-state index in [1.165, 1.54) is 5.69 Å². The van der Waals surface area contributed by atoms with Crippen molar-refractivity contribution in [2.24, 2.45) is 0 Å². The molecule has 1 aliphatic heterocycles. The molecular weight excluding hydrogens is 494 g/mol. The van der Waals surface area contributed by atoms with Crippen LogP contribution in [0.15, 0.2) is 91.3 Å². The van der Waals surface area contributed by atoms with Gasteiger partial charge in [-0.2, -0.15) is 0 Å². The van der Waals surface area contributed by atoms with Crippen LogP contribution >= 0.6 is 11.6 Å². The summed E-state index contributed by atoms with van der Waals surface area (Å²) < 4.78 is 6.15. The maximum atomic E-state index is 12.4. The zero-order valence-electron chi connectivity index (χ0n) is 21.4. The summed E-state index contributed by atoms with van der Waals surface area (Å²) >= 11 is 6.37. The molecule has 5 rings (SSSR count). The third kappa shape index (κ3) is 7.00. The lowest BCUT2D eigenvalue weighted by atomic mass is 9.99. The molecule has 1 aromatic heterocycles. The Hall–Kier alpha value is -3.67. The minimum absolute atomic E-state index is 0.217. The van der Waals surface area contributed by atoms with E-state index < -0.39 is 0 Å². The molecule has 5 nitrogen and oxygen atoms in total. The zero-order chi connectivity index (χ0) is 26.2. The van der Waals surface area contributed by atoms with E-state index in [9.17, 15) is 4.79 Å². The minimum atomic E-state index is 0.217. The van der Waals surface area contributed by atoms with E-state index in [0.29, 0.717) is 30.9 Å². The van der Waals surface area contributed by atoms with Gasteiger partial charge in [0.25, 0.3) is 0 Å². The van der Waals surface area contributed by atoms with Crippen molar-refractivity contribution in [3.8, 4) is 16.9 Å². The molecule has 0 bridgehead atoms. The van der Waals surface area contributed by atoms with E-state index in [-0.39, 0.29) is 5.78 Å². The molecule has 0 spiro atoms. The maximum absolute atomic E-state index is 12.4. The number of carbonyl (C=O) groups is 1. The molecule has 0 atom stereocenters. The number of anilines is 1. The predicted octanol–water partition coefficient (Wildman–Crippen LogP) is 6.14. The number of nitrogens with zero attached hydrogens (tertiary/aromatic N) is 2. The Morgan fingerprint density at radius 2 is 1.79 bits per heavy atom. The topological polar surface area (TPSA) is 54.5 Å². The largest absolute Gasteiger partial charge is 0.489 e. The molecule has 0 saturated carbocycles.